The van der Waals surface area contributed by atoms with E-state index in [1.54, 1.807) is 4.68 Å². The van der Waals surface area contributed by atoms with E-state index in [1.165, 1.54) is 0 Å². The number of carbonyl (C=O) groups excluding carboxylic acids is 1. The maximum Gasteiger partial charge on any atom is 0.263 e. The van der Waals surface area contributed by atoms with Gasteiger partial charge in [-0.1, -0.05) is 44.2 Å². The van der Waals surface area contributed by atoms with E-state index < -0.39 is 0 Å². The van der Waals surface area contributed by atoms with Crippen molar-refractivity contribution in [3.8, 4) is 11.6 Å². The Morgan fingerprint density at radius 3 is 2.58 bits per heavy atom. The second-order valence-electron chi connectivity index (χ2n) is 8.88. The first-order chi connectivity index (χ1) is 15.7. The molecule has 0 saturated heterocycles. The molecule has 6 heteroatoms. The number of carbonyl (C=O) groups is 1. The molecule has 33 heavy (non-hydrogen) atoms. The molecule has 0 aliphatic carbocycles. The Bertz CT molecular complexity index is 1340. The molecule has 0 unspecified atom stereocenters. The molecule has 0 fully saturated rings. The SMILES string of the molecule is Cc1ccc(C(C)C)c(OCC(=O)Nc2cc(C)nn2-c2cc(C)c3cccc(C)c3n2)c1. The van der Waals surface area contributed by atoms with Crippen molar-refractivity contribution in [2.45, 2.75) is 47.5 Å². The molecule has 0 bridgehead atoms. The molecule has 2 heterocycles. The topological polar surface area (TPSA) is 69.0 Å². The van der Waals surface area contributed by atoms with Gasteiger partial charge in [0.1, 0.15) is 11.6 Å². The van der Waals surface area contributed by atoms with Gasteiger partial charge in [0.15, 0.2) is 12.4 Å². The van der Waals surface area contributed by atoms with Gasteiger partial charge in [-0.3, -0.25) is 4.79 Å². The number of anilines is 1. The van der Waals surface area contributed by atoms with Gasteiger partial charge >= 0.3 is 0 Å². The third-order valence-electron chi connectivity index (χ3n) is 5.70. The number of rotatable bonds is 6. The van der Waals surface area contributed by atoms with Crippen LogP contribution in [0.1, 0.15) is 47.7 Å². The first kappa shape index (κ1) is 22.5. The third kappa shape index (κ3) is 4.75. The minimum atomic E-state index is -0.249. The quantitative estimate of drug-likeness (QED) is 0.410. The molecule has 0 atom stereocenters. The van der Waals surface area contributed by atoms with Crippen LogP contribution < -0.4 is 10.1 Å². The van der Waals surface area contributed by atoms with E-state index in [1.807, 2.05) is 51.1 Å². The largest absolute Gasteiger partial charge is 0.483 e. The standard InChI is InChI=1S/C27H30N4O2/c1-16(2)21-11-10-17(3)12-23(21)33-15-26(32)28-25-14-20(6)30-31(25)24-13-19(5)22-9-7-8-18(4)27(22)29-24/h7-14,16H,15H2,1-6H3,(H,28,32). The monoisotopic (exact) mass is 442 g/mol. The summed E-state index contributed by atoms with van der Waals surface area (Å²) >= 11 is 0. The number of nitrogens with zero attached hydrogens (tertiary/aromatic N) is 3. The van der Waals surface area contributed by atoms with Gasteiger partial charge < -0.3 is 10.1 Å². The van der Waals surface area contributed by atoms with Gasteiger partial charge in [-0.15, -0.1) is 0 Å². The van der Waals surface area contributed by atoms with E-state index in [-0.39, 0.29) is 12.5 Å². The first-order valence-corrected chi connectivity index (χ1v) is 11.2. The van der Waals surface area contributed by atoms with Crippen LogP contribution in [-0.4, -0.2) is 27.3 Å². The molecule has 4 rings (SSSR count). The number of para-hydroxylation sites is 1. The molecule has 0 aliphatic rings. The molecule has 4 aromatic rings. The summed E-state index contributed by atoms with van der Waals surface area (Å²) in [5.41, 5.74) is 6.10. The van der Waals surface area contributed by atoms with Gasteiger partial charge in [0.05, 0.1) is 11.2 Å². The molecule has 2 aromatic heterocycles. The average Bonchev–Trinajstić information content (AvgIpc) is 3.12. The molecule has 0 saturated carbocycles. The van der Waals surface area contributed by atoms with Crippen molar-refractivity contribution in [1.82, 2.24) is 14.8 Å². The van der Waals surface area contributed by atoms with Gasteiger partial charge in [0, 0.05) is 11.5 Å². The molecule has 1 N–H and O–H groups in total. The summed E-state index contributed by atoms with van der Waals surface area (Å²) in [5, 5.41) is 8.63. The van der Waals surface area contributed by atoms with Crippen molar-refractivity contribution in [2.24, 2.45) is 0 Å². The maximum atomic E-state index is 12.8. The van der Waals surface area contributed by atoms with Gasteiger partial charge in [0.2, 0.25) is 0 Å². The number of pyridine rings is 1. The molecule has 2 aromatic carbocycles. The number of ether oxygens (including phenoxy) is 1. The molecule has 0 radical (unpaired) electrons. The smallest absolute Gasteiger partial charge is 0.263 e. The van der Waals surface area contributed by atoms with Crippen molar-refractivity contribution < 1.29 is 9.53 Å². The third-order valence-corrected chi connectivity index (χ3v) is 5.70. The fraction of sp³-hybridized carbons (Fsp3) is 0.296. The number of benzene rings is 2. The van der Waals surface area contributed by atoms with Crippen LogP contribution in [0.4, 0.5) is 5.82 Å². The number of hydrogen-bond donors (Lipinski definition) is 1. The minimum absolute atomic E-state index is 0.0866. The first-order valence-electron chi connectivity index (χ1n) is 11.2. The highest BCUT2D eigenvalue weighted by molar-refractivity contribution is 5.91. The lowest BCUT2D eigenvalue weighted by molar-refractivity contribution is -0.118. The summed E-state index contributed by atoms with van der Waals surface area (Å²) in [6.07, 6.45) is 0. The Hall–Kier alpha value is -3.67. The van der Waals surface area contributed by atoms with E-state index >= 15 is 0 Å². The van der Waals surface area contributed by atoms with Crippen LogP contribution in [-0.2, 0) is 4.79 Å². The molecular formula is C27H30N4O2. The molecule has 170 valence electrons. The lowest BCUT2D eigenvalue weighted by Crippen LogP contribution is -2.22. The number of amides is 1. The summed E-state index contributed by atoms with van der Waals surface area (Å²) < 4.78 is 7.58. The highest BCUT2D eigenvalue weighted by atomic mass is 16.5. The van der Waals surface area contributed by atoms with Gasteiger partial charge in [0.25, 0.3) is 5.91 Å². The predicted molar refractivity (Wildman–Crippen MR) is 132 cm³/mol. The second-order valence-corrected chi connectivity index (χ2v) is 8.88. The number of aromatic nitrogens is 3. The van der Waals surface area contributed by atoms with Crippen LogP contribution in [0, 0.1) is 27.7 Å². The van der Waals surface area contributed by atoms with Crippen molar-refractivity contribution >= 4 is 22.6 Å². The minimum Gasteiger partial charge on any atom is -0.483 e. The Morgan fingerprint density at radius 1 is 1.03 bits per heavy atom. The van der Waals surface area contributed by atoms with Crippen molar-refractivity contribution in [2.75, 3.05) is 11.9 Å². The van der Waals surface area contributed by atoms with Crippen LogP contribution in [0.5, 0.6) is 5.75 Å². The Morgan fingerprint density at radius 2 is 1.82 bits per heavy atom. The van der Waals surface area contributed by atoms with Crippen LogP contribution in [0.15, 0.2) is 48.5 Å². The van der Waals surface area contributed by atoms with E-state index in [0.717, 1.165) is 44.6 Å². The summed E-state index contributed by atoms with van der Waals surface area (Å²) in [7, 11) is 0. The van der Waals surface area contributed by atoms with Crippen molar-refractivity contribution in [1.29, 1.82) is 0 Å². The maximum absolute atomic E-state index is 12.8. The average molecular weight is 443 g/mol. The molecule has 0 spiro atoms. The summed E-state index contributed by atoms with van der Waals surface area (Å²) in [4.78, 5) is 17.6. The highest BCUT2D eigenvalue weighted by Gasteiger charge is 2.15. The zero-order valence-electron chi connectivity index (χ0n) is 20.1. The normalized spacial score (nSPS) is 11.2. The molecular weight excluding hydrogens is 412 g/mol. The van der Waals surface area contributed by atoms with E-state index in [0.29, 0.717) is 17.6 Å². The zero-order chi connectivity index (χ0) is 23.7. The predicted octanol–water partition coefficient (Wildman–Crippen LogP) is 5.80. The lowest BCUT2D eigenvalue weighted by atomic mass is 10.0. The van der Waals surface area contributed by atoms with Crippen LogP contribution in [0.25, 0.3) is 16.7 Å². The molecule has 1 amide bonds. The van der Waals surface area contributed by atoms with Crippen LogP contribution in [0.2, 0.25) is 0 Å². The van der Waals surface area contributed by atoms with Gasteiger partial charge in [-0.2, -0.15) is 9.78 Å². The van der Waals surface area contributed by atoms with E-state index in [4.69, 9.17) is 9.72 Å². The van der Waals surface area contributed by atoms with Crippen molar-refractivity contribution in [3.05, 3.63) is 76.5 Å². The fourth-order valence-electron chi connectivity index (χ4n) is 3.98. The van der Waals surface area contributed by atoms with E-state index in [9.17, 15) is 4.79 Å². The zero-order valence-corrected chi connectivity index (χ0v) is 20.1. The Balaban J connectivity index is 1.58. The number of aryl methyl sites for hydroxylation is 4. The summed E-state index contributed by atoms with van der Waals surface area (Å²) in [6, 6.07) is 16.1. The summed E-state index contributed by atoms with van der Waals surface area (Å²) in [6.45, 7) is 12.1. The van der Waals surface area contributed by atoms with Crippen LogP contribution >= 0.6 is 0 Å². The fourth-order valence-corrected chi connectivity index (χ4v) is 3.98. The molecule has 6 nitrogen and oxygen atoms in total. The number of nitrogens with one attached hydrogen (secondary N) is 1. The van der Waals surface area contributed by atoms with Gasteiger partial charge in [-0.25, -0.2) is 4.98 Å². The number of hydrogen-bond acceptors (Lipinski definition) is 4. The van der Waals surface area contributed by atoms with Crippen molar-refractivity contribution in [3.63, 3.8) is 0 Å². The lowest BCUT2D eigenvalue weighted by Gasteiger charge is -2.15. The summed E-state index contributed by atoms with van der Waals surface area (Å²) in [5.74, 6) is 2.03. The Kier molecular flexibility index (Phi) is 6.18. The van der Waals surface area contributed by atoms with E-state index in [2.05, 4.69) is 49.4 Å². The molecule has 0 aliphatic heterocycles. The van der Waals surface area contributed by atoms with Gasteiger partial charge in [-0.05, 0) is 68.0 Å². The highest BCUT2D eigenvalue weighted by Crippen LogP contribution is 2.28. The number of fused-ring (bicyclic) bond motifs is 1. The Labute approximate surface area is 194 Å². The second kappa shape index (κ2) is 9.06. The van der Waals surface area contributed by atoms with Crippen LogP contribution in [0.3, 0.4) is 0 Å².